The van der Waals surface area contributed by atoms with E-state index < -0.39 is 0 Å². The molecule has 1 unspecified atom stereocenters. The number of piperidine rings is 1. The first kappa shape index (κ1) is 12.5. The number of imidazole rings is 1. The van der Waals surface area contributed by atoms with E-state index in [-0.39, 0.29) is 0 Å². The summed E-state index contributed by atoms with van der Waals surface area (Å²) < 4.78 is 8.11. The summed E-state index contributed by atoms with van der Waals surface area (Å²) in [5, 5.41) is 3.42. The molecule has 0 aliphatic carbocycles. The first-order chi connectivity index (χ1) is 9.38. The molecule has 3 rings (SSSR count). The fourth-order valence-electron chi connectivity index (χ4n) is 2.73. The van der Waals surface area contributed by atoms with Crippen LogP contribution in [-0.4, -0.2) is 29.2 Å². The maximum absolute atomic E-state index is 5.96. The van der Waals surface area contributed by atoms with Gasteiger partial charge in [-0.05, 0) is 38.4 Å². The van der Waals surface area contributed by atoms with Crippen LogP contribution in [0.3, 0.4) is 0 Å². The number of para-hydroxylation sites is 2. The number of benzene rings is 1. The van der Waals surface area contributed by atoms with Crippen molar-refractivity contribution in [1.82, 2.24) is 14.9 Å². The molecule has 1 N–H and O–H groups in total. The van der Waals surface area contributed by atoms with E-state index in [0.717, 1.165) is 43.3 Å². The highest BCUT2D eigenvalue weighted by atomic mass is 16.5. The number of rotatable bonds is 4. The molecule has 0 saturated carbocycles. The van der Waals surface area contributed by atoms with Gasteiger partial charge >= 0.3 is 0 Å². The largest absolute Gasteiger partial charge is 0.464 e. The Bertz CT molecular complexity index is 543. The molecule has 1 atom stereocenters. The minimum atomic E-state index is 0.610. The Kier molecular flexibility index (Phi) is 3.69. The highest BCUT2D eigenvalue weighted by Gasteiger charge is 2.16. The molecule has 1 aliphatic rings. The number of ether oxygens (including phenoxy) is 1. The van der Waals surface area contributed by atoms with Gasteiger partial charge in [-0.3, -0.25) is 4.57 Å². The molecule has 0 bridgehead atoms. The number of fused-ring (bicyclic) bond motifs is 1. The molecule has 4 nitrogen and oxygen atoms in total. The lowest BCUT2D eigenvalue weighted by Crippen LogP contribution is -2.33. The maximum atomic E-state index is 5.96. The standard InChI is InChI=1S/C15H21N3O/c1-2-18-14-8-4-3-7-13(14)17-15(18)19-11-12-6-5-9-16-10-12/h3-4,7-8,12,16H,2,5-6,9-11H2,1H3. The Morgan fingerprint density at radius 2 is 2.32 bits per heavy atom. The van der Waals surface area contributed by atoms with Gasteiger partial charge in [-0.15, -0.1) is 0 Å². The molecule has 1 saturated heterocycles. The van der Waals surface area contributed by atoms with Crippen LogP contribution >= 0.6 is 0 Å². The Labute approximate surface area is 113 Å². The summed E-state index contributed by atoms with van der Waals surface area (Å²) in [7, 11) is 0. The molecule has 1 aliphatic heterocycles. The van der Waals surface area contributed by atoms with Gasteiger partial charge in [0.15, 0.2) is 0 Å². The van der Waals surface area contributed by atoms with Crippen molar-refractivity contribution in [3.8, 4) is 6.01 Å². The van der Waals surface area contributed by atoms with Gasteiger partial charge in [-0.25, -0.2) is 0 Å². The Hall–Kier alpha value is -1.55. The van der Waals surface area contributed by atoms with Gasteiger partial charge in [0.25, 0.3) is 6.01 Å². The van der Waals surface area contributed by atoms with Crippen LogP contribution in [0.5, 0.6) is 6.01 Å². The third-order valence-electron chi connectivity index (χ3n) is 3.78. The average Bonchev–Trinajstić information content (AvgIpc) is 2.83. The molecule has 1 aromatic carbocycles. The zero-order valence-corrected chi connectivity index (χ0v) is 11.4. The van der Waals surface area contributed by atoms with Crippen molar-refractivity contribution in [2.75, 3.05) is 19.7 Å². The normalized spacial score (nSPS) is 19.7. The average molecular weight is 259 g/mol. The summed E-state index contributed by atoms with van der Waals surface area (Å²) in [6, 6.07) is 8.96. The lowest BCUT2D eigenvalue weighted by molar-refractivity contribution is 0.199. The van der Waals surface area contributed by atoms with Gasteiger partial charge < -0.3 is 10.1 Å². The van der Waals surface area contributed by atoms with Crippen LogP contribution in [0.4, 0.5) is 0 Å². The predicted octanol–water partition coefficient (Wildman–Crippen LogP) is 2.43. The number of hydrogen-bond acceptors (Lipinski definition) is 3. The second-order valence-electron chi connectivity index (χ2n) is 5.15. The van der Waals surface area contributed by atoms with E-state index in [2.05, 4.69) is 27.9 Å². The smallest absolute Gasteiger partial charge is 0.297 e. The van der Waals surface area contributed by atoms with Gasteiger partial charge in [0.1, 0.15) is 0 Å². The molecule has 2 aromatic rings. The second-order valence-corrected chi connectivity index (χ2v) is 5.15. The van der Waals surface area contributed by atoms with E-state index in [1.165, 1.54) is 12.8 Å². The van der Waals surface area contributed by atoms with Crippen LogP contribution in [0.25, 0.3) is 11.0 Å². The van der Waals surface area contributed by atoms with Crippen molar-refractivity contribution in [2.45, 2.75) is 26.3 Å². The van der Waals surface area contributed by atoms with Crippen LogP contribution in [0, 0.1) is 5.92 Å². The number of aryl methyl sites for hydroxylation is 1. The van der Waals surface area contributed by atoms with Crippen LogP contribution in [-0.2, 0) is 6.54 Å². The first-order valence-electron chi connectivity index (χ1n) is 7.17. The van der Waals surface area contributed by atoms with Crippen LogP contribution < -0.4 is 10.1 Å². The topological polar surface area (TPSA) is 39.1 Å². The predicted molar refractivity (Wildman–Crippen MR) is 76.5 cm³/mol. The van der Waals surface area contributed by atoms with Gasteiger partial charge in [0.2, 0.25) is 0 Å². The third-order valence-corrected chi connectivity index (χ3v) is 3.78. The van der Waals surface area contributed by atoms with Crippen LogP contribution in [0.15, 0.2) is 24.3 Å². The lowest BCUT2D eigenvalue weighted by Gasteiger charge is -2.22. The number of nitrogens with one attached hydrogen (secondary N) is 1. The van der Waals surface area contributed by atoms with E-state index >= 15 is 0 Å². The summed E-state index contributed by atoms with van der Waals surface area (Å²) in [4.78, 5) is 4.59. The zero-order chi connectivity index (χ0) is 13.1. The van der Waals surface area contributed by atoms with Crippen molar-refractivity contribution in [3.63, 3.8) is 0 Å². The summed E-state index contributed by atoms with van der Waals surface area (Å²) in [5.41, 5.74) is 2.17. The molecule has 0 spiro atoms. The fourth-order valence-corrected chi connectivity index (χ4v) is 2.73. The monoisotopic (exact) mass is 259 g/mol. The van der Waals surface area contributed by atoms with Crippen LogP contribution in [0.2, 0.25) is 0 Å². The van der Waals surface area contributed by atoms with Crippen molar-refractivity contribution in [2.24, 2.45) is 5.92 Å². The van der Waals surface area contributed by atoms with Crippen molar-refractivity contribution < 1.29 is 4.74 Å². The molecule has 0 radical (unpaired) electrons. The van der Waals surface area contributed by atoms with Crippen molar-refractivity contribution >= 4 is 11.0 Å². The molecular formula is C15H21N3O. The molecule has 19 heavy (non-hydrogen) atoms. The van der Waals surface area contributed by atoms with Gasteiger partial charge in [0.05, 0.1) is 17.6 Å². The second kappa shape index (κ2) is 5.61. The molecule has 0 amide bonds. The van der Waals surface area contributed by atoms with Gasteiger partial charge in [-0.2, -0.15) is 4.98 Å². The molecular weight excluding hydrogens is 238 g/mol. The highest BCUT2D eigenvalue weighted by Crippen LogP contribution is 2.22. The number of hydrogen-bond donors (Lipinski definition) is 1. The molecule has 2 heterocycles. The Morgan fingerprint density at radius 3 is 3.11 bits per heavy atom. The van der Waals surface area contributed by atoms with E-state index in [4.69, 9.17) is 4.74 Å². The SMILES string of the molecule is CCn1c(OCC2CCCNC2)nc2ccccc21. The van der Waals surface area contributed by atoms with E-state index in [1.807, 2.05) is 18.2 Å². The van der Waals surface area contributed by atoms with Crippen LogP contribution in [0.1, 0.15) is 19.8 Å². The van der Waals surface area contributed by atoms with E-state index in [0.29, 0.717) is 5.92 Å². The summed E-state index contributed by atoms with van der Waals surface area (Å²) in [5.74, 6) is 0.610. The molecule has 4 heteroatoms. The zero-order valence-electron chi connectivity index (χ0n) is 11.4. The highest BCUT2D eigenvalue weighted by molar-refractivity contribution is 5.76. The van der Waals surface area contributed by atoms with Crippen molar-refractivity contribution in [1.29, 1.82) is 0 Å². The van der Waals surface area contributed by atoms with E-state index in [9.17, 15) is 0 Å². The minimum absolute atomic E-state index is 0.610. The summed E-state index contributed by atoms with van der Waals surface area (Å²) in [6.45, 7) is 5.98. The Morgan fingerprint density at radius 1 is 1.42 bits per heavy atom. The summed E-state index contributed by atoms with van der Waals surface area (Å²) in [6.07, 6.45) is 2.50. The Balaban J connectivity index is 1.76. The van der Waals surface area contributed by atoms with E-state index in [1.54, 1.807) is 0 Å². The fraction of sp³-hybridized carbons (Fsp3) is 0.533. The quantitative estimate of drug-likeness (QED) is 0.916. The van der Waals surface area contributed by atoms with Gasteiger partial charge in [-0.1, -0.05) is 12.1 Å². The minimum Gasteiger partial charge on any atom is -0.464 e. The lowest BCUT2D eigenvalue weighted by atomic mass is 10.0. The maximum Gasteiger partial charge on any atom is 0.297 e. The number of aromatic nitrogens is 2. The number of nitrogens with zero attached hydrogens (tertiary/aromatic N) is 2. The van der Waals surface area contributed by atoms with Gasteiger partial charge in [0, 0.05) is 19.0 Å². The summed E-state index contributed by atoms with van der Waals surface area (Å²) >= 11 is 0. The third kappa shape index (κ3) is 2.59. The molecule has 1 aromatic heterocycles. The van der Waals surface area contributed by atoms with Crippen molar-refractivity contribution in [3.05, 3.63) is 24.3 Å². The first-order valence-corrected chi connectivity index (χ1v) is 7.17. The molecule has 102 valence electrons. The molecule has 1 fully saturated rings.